The van der Waals surface area contributed by atoms with E-state index in [0.717, 1.165) is 23.6 Å². The third-order valence-corrected chi connectivity index (χ3v) is 2.21. The van der Waals surface area contributed by atoms with E-state index >= 15 is 0 Å². The molecule has 0 fully saturated rings. The molecule has 0 heterocycles. The number of hydrogen-bond donors (Lipinski definition) is 1. The van der Waals surface area contributed by atoms with Crippen molar-refractivity contribution in [2.24, 2.45) is 0 Å². The van der Waals surface area contributed by atoms with Crippen LogP contribution in [-0.4, -0.2) is 28.4 Å². The Labute approximate surface area is 90.1 Å². The summed E-state index contributed by atoms with van der Waals surface area (Å²) in [6.45, 7) is 0.851. The molecule has 0 aliphatic rings. The van der Waals surface area contributed by atoms with E-state index in [2.05, 4.69) is 5.32 Å². The Morgan fingerprint density at radius 1 is 0.933 bits per heavy atom. The number of methoxy groups -OCH3 is 3. The molecule has 84 valence electrons. The normalized spacial score (nSPS) is 9.87. The molecule has 0 aliphatic heterocycles. The van der Waals surface area contributed by atoms with Crippen LogP contribution in [0.2, 0.25) is 0 Å². The van der Waals surface area contributed by atoms with Crippen molar-refractivity contribution in [2.45, 2.75) is 6.54 Å². The van der Waals surface area contributed by atoms with E-state index in [9.17, 15) is 0 Å². The largest absolute Gasteiger partial charge is 0.496 e. The van der Waals surface area contributed by atoms with Gasteiger partial charge < -0.3 is 19.5 Å². The molecule has 0 amide bonds. The predicted octanol–water partition coefficient (Wildman–Crippen LogP) is 0.406. The minimum atomic E-state index is 0.689. The third kappa shape index (κ3) is 2.53. The smallest absolute Gasteiger partial charge is 0.164 e. The zero-order valence-corrected chi connectivity index (χ0v) is 9.66. The minimum absolute atomic E-state index is 0.689. The molecule has 0 bridgehead atoms. The van der Waals surface area contributed by atoms with E-state index in [0.29, 0.717) is 5.75 Å². The fraction of sp³-hybridized carbons (Fsp3) is 0.455. The first-order valence-electron chi connectivity index (χ1n) is 4.83. The molecule has 0 saturated carbocycles. The van der Waals surface area contributed by atoms with Gasteiger partial charge in [0.1, 0.15) is 12.3 Å². The Morgan fingerprint density at radius 3 is 1.93 bits per heavy atom. The molecule has 1 aromatic carbocycles. The van der Waals surface area contributed by atoms with Gasteiger partial charge in [-0.3, -0.25) is 0 Å². The molecule has 0 unspecified atom stereocenters. The highest BCUT2D eigenvalue weighted by molar-refractivity contribution is 5.50. The molecule has 4 heteroatoms. The first-order chi connectivity index (χ1) is 7.26. The van der Waals surface area contributed by atoms with Crippen LogP contribution in [0.5, 0.6) is 17.2 Å². The van der Waals surface area contributed by atoms with E-state index in [4.69, 9.17) is 14.2 Å². The average molecular weight is 212 g/mol. The van der Waals surface area contributed by atoms with Crippen LogP contribution in [0.15, 0.2) is 12.1 Å². The van der Waals surface area contributed by atoms with Crippen molar-refractivity contribution in [1.82, 2.24) is 0 Å². The van der Waals surface area contributed by atoms with E-state index in [1.54, 1.807) is 21.3 Å². The van der Waals surface area contributed by atoms with Gasteiger partial charge in [-0.05, 0) is 6.07 Å². The molecule has 15 heavy (non-hydrogen) atoms. The zero-order chi connectivity index (χ0) is 11.3. The SMILES string of the molecule is C[NH2+]Cc1cc(OC)c(OC)cc1OC. The molecule has 1 rings (SSSR count). The molecule has 0 aliphatic carbocycles. The van der Waals surface area contributed by atoms with Crippen LogP contribution < -0.4 is 19.5 Å². The summed E-state index contributed by atoms with van der Waals surface area (Å²) in [6, 6.07) is 3.79. The quantitative estimate of drug-likeness (QED) is 0.768. The molecule has 0 radical (unpaired) electrons. The van der Waals surface area contributed by atoms with Crippen molar-refractivity contribution in [1.29, 1.82) is 0 Å². The summed E-state index contributed by atoms with van der Waals surface area (Å²) in [7, 11) is 6.91. The second kappa shape index (κ2) is 5.46. The highest BCUT2D eigenvalue weighted by Gasteiger charge is 2.11. The zero-order valence-electron chi connectivity index (χ0n) is 9.66. The minimum Gasteiger partial charge on any atom is -0.496 e. The monoisotopic (exact) mass is 212 g/mol. The van der Waals surface area contributed by atoms with Crippen LogP contribution in [0.25, 0.3) is 0 Å². The topological polar surface area (TPSA) is 44.3 Å². The van der Waals surface area contributed by atoms with Crippen LogP contribution in [-0.2, 0) is 6.54 Å². The maximum absolute atomic E-state index is 5.28. The van der Waals surface area contributed by atoms with Gasteiger partial charge in [-0.2, -0.15) is 0 Å². The average Bonchev–Trinajstić information content (AvgIpc) is 2.28. The van der Waals surface area contributed by atoms with Gasteiger partial charge in [0.25, 0.3) is 0 Å². The molecule has 0 saturated heterocycles. The van der Waals surface area contributed by atoms with E-state index in [-0.39, 0.29) is 0 Å². The maximum Gasteiger partial charge on any atom is 0.164 e. The molecule has 4 nitrogen and oxygen atoms in total. The van der Waals surface area contributed by atoms with Gasteiger partial charge in [-0.25, -0.2) is 0 Å². The Balaban J connectivity index is 3.15. The number of benzene rings is 1. The molecule has 0 atom stereocenters. The van der Waals surface area contributed by atoms with Crippen molar-refractivity contribution in [2.75, 3.05) is 28.4 Å². The number of nitrogens with two attached hydrogens (primary N) is 1. The van der Waals surface area contributed by atoms with Crippen LogP contribution in [0, 0.1) is 0 Å². The lowest BCUT2D eigenvalue weighted by molar-refractivity contribution is -0.643. The standard InChI is InChI=1S/C11H17NO3/c1-12-7-8-5-10(14-3)11(15-4)6-9(8)13-2/h5-6,12H,7H2,1-4H3/p+1. The predicted molar refractivity (Wildman–Crippen MR) is 57.7 cm³/mol. The van der Waals surface area contributed by atoms with Crippen LogP contribution in [0.3, 0.4) is 0 Å². The van der Waals surface area contributed by atoms with Gasteiger partial charge in [0.05, 0.1) is 33.9 Å². The first kappa shape index (κ1) is 11.7. The Hall–Kier alpha value is -1.42. The summed E-state index contributed by atoms with van der Waals surface area (Å²) < 4.78 is 15.7. The molecule has 0 spiro atoms. The molecule has 0 aromatic heterocycles. The Kier molecular flexibility index (Phi) is 4.24. The highest BCUT2D eigenvalue weighted by atomic mass is 16.5. The lowest BCUT2D eigenvalue weighted by Crippen LogP contribution is -2.77. The fourth-order valence-electron chi connectivity index (χ4n) is 1.47. The second-order valence-corrected chi connectivity index (χ2v) is 3.13. The number of ether oxygens (including phenoxy) is 3. The summed E-state index contributed by atoms with van der Waals surface area (Å²) in [6.07, 6.45) is 0. The molecule has 2 N–H and O–H groups in total. The fourth-order valence-corrected chi connectivity index (χ4v) is 1.47. The number of hydrogen-bond acceptors (Lipinski definition) is 3. The third-order valence-electron chi connectivity index (χ3n) is 2.21. The van der Waals surface area contributed by atoms with E-state index < -0.39 is 0 Å². The van der Waals surface area contributed by atoms with Crippen molar-refractivity contribution in [3.05, 3.63) is 17.7 Å². The van der Waals surface area contributed by atoms with Gasteiger partial charge >= 0.3 is 0 Å². The van der Waals surface area contributed by atoms with Crippen LogP contribution in [0.1, 0.15) is 5.56 Å². The van der Waals surface area contributed by atoms with Crippen molar-refractivity contribution < 1.29 is 19.5 Å². The van der Waals surface area contributed by atoms with Gasteiger partial charge in [-0.15, -0.1) is 0 Å². The summed E-state index contributed by atoms with van der Waals surface area (Å²) >= 11 is 0. The number of rotatable bonds is 5. The van der Waals surface area contributed by atoms with Crippen molar-refractivity contribution in [3.63, 3.8) is 0 Å². The lowest BCUT2D eigenvalue weighted by Gasteiger charge is -2.12. The van der Waals surface area contributed by atoms with Crippen LogP contribution >= 0.6 is 0 Å². The van der Waals surface area contributed by atoms with Crippen LogP contribution in [0.4, 0.5) is 0 Å². The van der Waals surface area contributed by atoms with Gasteiger partial charge in [0.15, 0.2) is 11.5 Å². The Morgan fingerprint density at radius 2 is 1.47 bits per heavy atom. The summed E-state index contributed by atoms with van der Waals surface area (Å²) in [5.41, 5.74) is 1.10. The van der Waals surface area contributed by atoms with E-state index in [1.165, 1.54) is 0 Å². The van der Waals surface area contributed by atoms with Crippen molar-refractivity contribution in [3.8, 4) is 17.2 Å². The second-order valence-electron chi connectivity index (χ2n) is 3.13. The molecular formula is C11H18NO3+. The maximum atomic E-state index is 5.28. The highest BCUT2D eigenvalue weighted by Crippen LogP contribution is 2.34. The lowest BCUT2D eigenvalue weighted by atomic mass is 10.1. The summed E-state index contributed by atoms with van der Waals surface area (Å²) in [5, 5.41) is 2.07. The van der Waals surface area contributed by atoms with Gasteiger partial charge in [0, 0.05) is 6.07 Å². The molecule has 1 aromatic rings. The number of quaternary nitrogens is 1. The molecular weight excluding hydrogens is 194 g/mol. The van der Waals surface area contributed by atoms with Gasteiger partial charge in [0.2, 0.25) is 0 Å². The first-order valence-corrected chi connectivity index (χ1v) is 4.83. The Bertz CT molecular complexity index is 326. The summed E-state index contributed by atoms with van der Waals surface area (Å²) in [5.74, 6) is 2.25. The van der Waals surface area contributed by atoms with E-state index in [1.807, 2.05) is 19.2 Å². The van der Waals surface area contributed by atoms with Gasteiger partial charge in [-0.1, -0.05) is 0 Å². The summed E-state index contributed by atoms with van der Waals surface area (Å²) in [4.78, 5) is 0. The van der Waals surface area contributed by atoms with Crippen molar-refractivity contribution >= 4 is 0 Å².